The van der Waals surface area contributed by atoms with Crippen molar-refractivity contribution in [3.05, 3.63) is 60.2 Å². The molecule has 6 N–H and O–H groups in total. The minimum absolute atomic E-state index is 0.0357. The average molecular weight is 406 g/mol. The van der Waals surface area contributed by atoms with Crippen LogP contribution in [0.2, 0.25) is 0 Å². The number of rotatable bonds is 2. The topological polar surface area (TPSA) is 145 Å². The molecule has 3 rings (SSSR count). The van der Waals surface area contributed by atoms with Gasteiger partial charge in [-0.15, -0.1) is 0 Å². The average Bonchev–Trinajstić information content (AvgIpc) is 2.59. The van der Waals surface area contributed by atoms with E-state index in [4.69, 9.17) is 15.7 Å². The third-order valence-electron chi connectivity index (χ3n) is 3.50. The monoisotopic (exact) mass is 406 g/mol. The van der Waals surface area contributed by atoms with Crippen LogP contribution >= 0.6 is 11.8 Å². The summed E-state index contributed by atoms with van der Waals surface area (Å²) >= 11 is 0.905. The zero-order valence-corrected chi connectivity index (χ0v) is 15.9. The first kappa shape index (κ1) is 20.6. The fourth-order valence-corrected chi connectivity index (χ4v) is 3.32. The first-order valence-electron chi connectivity index (χ1n) is 7.59. The van der Waals surface area contributed by atoms with Gasteiger partial charge in [0.2, 0.25) is 0 Å². The first-order chi connectivity index (χ1) is 12.6. The van der Waals surface area contributed by atoms with Crippen LogP contribution in [-0.4, -0.2) is 28.4 Å². The molecule has 0 spiro atoms. The van der Waals surface area contributed by atoms with Crippen LogP contribution < -0.4 is 5.73 Å². The second kappa shape index (κ2) is 8.30. The Morgan fingerprint density at radius 3 is 2.11 bits per heavy atom. The maximum Gasteiger partial charge on any atom is 0.294 e. The maximum atomic E-state index is 10.5. The van der Waals surface area contributed by atoms with Crippen LogP contribution in [0, 0.1) is 12.3 Å². The van der Waals surface area contributed by atoms with Crippen LogP contribution in [0.1, 0.15) is 5.56 Å². The van der Waals surface area contributed by atoms with Gasteiger partial charge < -0.3 is 15.9 Å². The van der Waals surface area contributed by atoms with E-state index < -0.39 is 10.1 Å². The second-order valence-corrected chi connectivity index (χ2v) is 8.05. The molecule has 0 aliphatic rings. The molecule has 3 aromatic rings. The van der Waals surface area contributed by atoms with Crippen molar-refractivity contribution in [2.75, 3.05) is 0 Å². The first-order valence-corrected chi connectivity index (χ1v) is 9.85. The molecule has 0 atom stereocenters. The summed E-state index contributed by atoms with van der Waals surface area (Å²) in [5, 5.41) is 27.8. The number of benzene rings is 3. The van der Waals surface area contributed by atoms with Gasteiger partial charge in [0, 0.05) is 10.8 Å². The van der Waals surface area contributed by atoms with E-state index in [1.54, 1.807) is 36.4 Å². The molecular formula is C18H18N2O5S2. The van der Waals surface area contributed by atoms with Crippen molar-refractivity contribution in [1.29, 1.82) is 5.41 Å². The van der Waals surface area contributed by atoms with Crippen LogP contribution in [0.4, 0.5) is 0 Å². The summed E-state index contributed by atoms with van der Waals surface area (Å²) in [4.78, 5) is 0.312. The largest absolute Gasteiger partial charge is 0.507 e. The summed E-state index contributed by atoms with van der Waals surface area (Å²) in [6.07, 6.45) is 0. The van der Waals surface area contributed by atoms with E-state index in [0.717, 1.165) is 17.3 Å². The molecule has 0 saturated carbocycles. The van der Waals surface area contributed by atoms with Crippen LogP contribution in [0.5, 0.6) is 11.5 Å². The van der Waals surface area contributed by atoms with Gasteiger partial charge in [0.05, 0.1) is 9.79 Å². The Morgan fingerprint density at radius 2 is 1.59 bits per heavy atom. The number of thioether (sulfide) groups is 1. The SMILES string of the molecule is Cc1ccc(S(=O)(=O)O)cc1.N=C(N)Sc1cc(O)c2ccccc2c1O. The fraction of sp³-hybridized carbons (Fsp3) is 0.0556. The second-order valence-electron chi connectivity index (χ2n) is 5.54. The number of phenols is 2. The highest BCUT2D eigenvalue weighted by Crippen LogP contribution is 2.39. The summed E-state index contributed by atoms with van der Waals surface area (Å²) in [5.41, 5.74) is 6.20. The van der Waals surface area contributed by atoms with Gasteiger partial charge in [-0.2, -0.15) is 8.42 Å². The lowest BCUT2D eigenvalue weighted by Crippen LogP contribution is -2.02. The summed E-state index contributed by atoms with van der Waals surface area (Å²) in [7, 11) is -4.02. The third-order valence-corrected chi connectivity index (χ3v) is 5.12. The number of aromatic hydroxyl groups is 2. The van der Waals surface area contributed by atoms with Crippen LogP contribution in [0.3, 0.4) is 0 Å². The molecule has 0 aromatic heterocycles. The summed E-state index contributed by atoms with van der Waals surface area (Å²) in [6.45, 7) is 1.84. The molecule has 27 heavy (non-hydrogen) atoms. The minimum Gasteiger partial charge on any atom is -0.507 e. The summed E-state index contributed by atoms with van der Waals surface area (Å²) in [5.74, 6) is 0.103. The van der Waals surface area contributed by atoms with Gasteiger partial charge in [0.1, 0.15) is 11.5 Å². The van der Waals surface area contributed by atoms with Crippen molar-refractivity contribution < 1.29 is 23.2 Å². The molecule has 0 aliphatic heterocycles. The number of nitrogens with two attached hydrogens (primary N) is 1. The van der Waals surface area contributed by atoms with E-state index in [9.17, 15) is 18.6 Å². The van der Waals surface area contributed by atoms with Crippen LogP contribution in [0.25, 0.3) is 10.8 Å². The van der Waals surface area contributed by atoms with Gasteiger partial charge in [0.25, 0.3) is 10.1 Å². The molecule has 9 heteroatoms. The highest BCUT2D eigenvalue weighted by molar-refractivity contribution is 8.13. The van der Waals surface area contributed by atoms with Gasteiger partial charge in [-0.1, -0.05) is 42.0 Å². The van der Waals surface area contributed by atoms with Crippen LogP contribution in [0.15, 0.2) is 64.4 Å². The predicted molar refractivity (Wildman–Crippen MR) is 106 cm³/mol. The molecule has 0 radical (unpaired) electrons. The lowest BCUT2D eigenvalue weighted by molar-refractivity contribution is 0.458. The molecule has 7 nitrogen and oxygen atoms in total. The van der Waals surface area contributed by atoms with Gasteiger partial charge >= 0.3 is 0 Å². The molecule has 0 bridgehead atoms. The Hall–Kier alpha value is -2.75. The molecule has 0 saturated heterocycles. The highest BCUT2D eigenvalue weighted by atomic mass is 32.2. The standard InChI is InChI=1S/C11H10N2O2S.C7H8O3S/c12-11(13)16-9-5-8(14)6-3-1-2-4-7(6)10(9)15;1-6-2-4-7(5-3-6)11(8,9)10/h1-5,14-15H,(H3,12,13);2-5H,1H3,(H,8,9,10). The number of amidine groups is 1. The number of nitrogens with one attached hydrogen (secondary N) is 1. The van der Waals surface area contributed by atoms with Crippen molar-refractivity contribution >= 4 is 37.8 Å². The van der Waals surface area contributed by atoms with Crippen LogP contribution in [-0.2, 0) is 10.1 Å². The van der Waals surface area contributed by atoms with Gasteiger partial charge in [-0.3, -0.25) is 9.96 Å². The van der Waals surface area contributed by atoms with E-state index >= 15 is 0 Å². The van der Waals surface area contributed by atoms with Gasteiger partial charge in [-0.25, -0.2) is 0 Å². The van der Waals surface area contributed by atoms with Crippen molar-refractivity contribution in [1.82, 2.24) is 0 Å². The van der Waals surface area contributed by atoms with Crippen molar-refractivity contribution in [2.24, 2.45) is 5.73 Å². The van der Waals surface area contributed by atoms with E-state index in [2.05, 4.69) is 0 Å². The quantitative estimate of drug-likeness (QED) is 0.144. The number of aryl methyl sites for hydroxylation is 1. The zero-order valence-electron chi connectivity index (χ0n) is 14.2. The molecule has 0 amide bonds. The minimum atomic E-state index is -4.02. The van der Waals surface area contributed by atoms with Crippen molar-refractivity contribution in [2.45, 2.75) is 16.7 Å². The molecule has 142 valence electrons. The number of hydrogen-bond donors (Lipinski definition) is 5. The normalized spacial score (nSPS) is 10.9. The number of hydrogen-bond acceptors (Lipinski definition) is 6. The molecule has 0 aliphatic carbocycles. The van der Waals surface area contributed by atoms with E-state index in [-0.39, 0.29) is 21.6 Å². The Bertz CT molecular complexity index is 1080. The molecule has 0 fully saturated rings. The van der Waals surface area contributed by atoms with Gasteiger partial charge in [-0.05, 0) is 36.9 Å². The van der Waals surface area contributed by atoms with E-state index in [1.807, 2.05) is 6.92 Å². The molecule has 0 unspecified atom stereocenters. The molecule has 3 aromatic carbocycles. The number of phenolic OH excluding ortho intramolecular Hbond substituents is 2. The highest BCUT2D eigenvalue weighted by Gasteiger charge is 2.11. The Labute approximate surface area is 160 Å². The Kier molecular flexibility index (Phi) is 6.32. The lowest BCUT2D eigenvalue weighted by atomic mass is 10.1. The Balaban J connectivity index is 0.000000208. The fourth-order valence-electron chi connectivity index (χ4n) is 2.22. The molecular weight excluding hydrogens is 388 g/mol. The lowest BCUT2D eigenvalue weighted by Gasteiger charge is -2.08. The van der Waals surface area contributed by atoms with Crippen molar-refractivity contribution in [3.8, 4) is 11.5 Å². The number of fused-ring (bicyclic) bond motifs is 1. The molecule has 0 heterocycles. The predicted octanol–water partition coefficient (Wildman–Crippen LogP) is 3.48. The smallest absolute Gasteiger partial charge is 0.294 e. The maximum absolute atomic E-state index is 10.5. The zero-order chi connectivity index (χ0) is 20.2. The third kappa shape index (κ3) is 5.36. The van der Waals surface area contributed by atoms with E-state index in [1.165, 1.54) is 18.2 Å². The van der Waals surface area contributed by atoms with E-state index in [0.29, 0.717) is 15.7 Å². The van der Waals surface area contributed by atoms with Gasteiger partial charge in [0.15, 0.2) is 5.17 Å². The summed E-state index contributed by atoms with van der Waals surface area (Å²) < 4.78 is 29.6. The summed E-state index contributed by atoms with van der Waals surface area (Å²) in [6, 6.07) is 14.4. The van der Waals surface area contributed by atoms with Crippen molar-refractivity contribution in [3.63, 3.8) is 0 Å². The Morgan fingerprint density at radius 1 is 1.04 bits per heavy atom.